The highest BCUT2D eigenvalue weighted by Crippen LogP contribution is 2.29. The Morgan fingerprint density at radius 3 is 2.43 bits per heavy atom. The number of carbonyl (C=O) groups is 1. The van der Waals surface area contributed by atoms with Crippen molar-refractivity contribution in [2.45, 2.75) is 32.4 Å². The third kappa shape index (κ3) is 3.93. The molecule has 6 heteroatoms. The highest BCUT2D eigenvalue weighted by Gasteiger charge is 2.29. The van der Waals surface area contributed by atoms with Crippen molar-refractivity contribution >= 4 is 5.78 Å². The Morgan fingerprint density at radius 2 is 1.90 bits per heavy atom. The van der Waals surface area contributed by atoms with Crippen LogP contribution in [0.3, 0.4) is 0 Å². The van der Waals surface area contributed by atoms with E-state index in [1.165, 1.54) is 18.3 Å². The lowest BCUT2D eigenvalue weighted by molar-refractivity contribution is -0.137. The van der Waals surface area contributed by atoms with Crippen molar-refractivity contribution in [2.24, 2.45) is 0 Å². The average molecular weight is 297 g/mol. The molecule has 0 amide bonds. The summed E-state index contributed by atoms with van der Waals surface area (Å²) in [5, 5.41) is 3.54. The number of halogens is 3. The van der Waals surface area contributed by atoms with E-state index in [0.29, 0.717) is 30.6 Å². The maximum absolute atomic E-state index is 12.4. The monoisotopic (exact) mass is 297 g/mol. The van der Waals surface area contributed by atoms with Crippen LogP contribution < -0.4 is 0 Å². The van der Waals surface area contributed by atoms with Crippen molar-refractivity contribution in [2.75, 3.05) is 0 Å². The van der Waals surface area contributed by atoms with Gasteiger partial charge in [0.05, 0.1) is 17.3 Å². The Bertz CT molecular complexity index is 615. The maximum Gasteiger partial charge on any atom is 0.416 e. The van der Waals surface area contributed by atoms with E-state index < -0.39 is 11.7 Å². The SMILES string of the molecule is Cc1oncc1C(=O)CCCc1ccc(C(F)(F)F)cc1. The Hall–Kier alpha value is -2.11. The molecular formula is C15H14F3NO2. The van der Waals surface area contributed by atoms with Crippen molar-refractivity contribution in [3.05, 3.63) is 52.9 Å². The summed E-state index contributed by atoms with van der Waals surface area (Å²) in [6, 6.07) is 5.00. The van der Waals surface area contributed by atoms with Crippen LogP contribution in [0.1, 0.15) is 40.1 Å². The molecule has 2 aromatic rings. The van der Waals surface area contributed by atoms with E-state index in [9.17, 15) is 18.0 Å². The normalized spacial score (nSPS) is 11.6. The van der Waals surface area contributed by atoms with Gasteiger partial charge in [0.25, 0.3) is 0 Å². The maximum atomic E-state index is 12.4. The first kappa shape index (κ1) is 15.3. The zero-order chi connectivity index (χ0) is 15.5. The lowest BCUT2D eigenvalue weighted by Gasteiger charge is -2.07. The molecule has 2 rings (SSSR count). The van der Waals surface area contributed by atoms with Gasteiger partial charge < -0.3 is 4.52 Å². The van der Waals surface area contributed by atoms with Crippen LogP contribution in [-0.4, -0.2) is 10.9 Å². The molecule has 0 saturated carbocycles. The number of Topliss-reactive ketones (excluding diaryl/α,β-unsaturated/α-hetero) is 1. The fourth-order valence-corrected chi connectivity index (χ4v) is 2.01. The first-order valence-corrected chi connectivity index (χ1v) is 6.48. The van der Waals surface area contributed by atoms with E-state index in [1.807, 2.05) is 0 Å². The molecule has 0 bridgehead atoms. The number of benzene rings is 1. The Kier molecular flexibility index (Phi) is 4.45. The van der Waals surface area contributed by atoms with Crippen LogP contribution in [0.4, 0.5) is 13.2 Å². The summed E-state index contributed by atoms with van der Waals surface area (Å²) in [6.45, 7) is 1.66. The van der Waals surface area contributed by atoms with Crippen LogP contribution in [0.5, 0.6) is 0 Å². The average Bonchev–Trinajstić information content (AvgIpc) is 2.84. The molecule has 21 heavy (non-hydrogen) atoms. The molecule has 1 heterocycles. The third-order valence-corrected chi connectivity index (χ3v) is 3.20. The topological polar surface area (TPSA) is 43.1 Å². The minimum Gasteiger partial charge on any atom is -0.361 e. The van der Waals surface area contributed by atoms with E-state index in [-0.39, 0.29) is 5.78 Å². The number of carbonyl (C=O) groups excluding carboxylic acids is 1. The van der Waals surface area contributed by atoms with Gasteiger partial charge in [-0.3, -0.25) is 4.79 Å². The third-order valence-electron chi connectivity index (χ3n) is 3.20. The summed E-state index contributed by atoms with van der Waals surface area (Å²) in [5.74, 6) is 0.412. The number of aryl methyl sites for hydroxylation is 2. The second kappa shape index (κ2) is 6.11. The Labute approximate surface area is 119 Å². The lowest BCUT2D eigenvalue weighted by Crippen LogP contribution is -2.04. The number of hydrogen-bond acceptors (Lipinski definition) is 3. The number of nitrogens with zero attached hydrogens (tertiary/aromatic N) is 1. The van der Waals surface area contributed by atoms with Crippen molar-refractivity contribution in [3.63, 3.8) is 0 Å². The molecule has 0 unspecified atom stereocenters. The molecule has 0 aliphatic rings. The van der Waals surface area contributed by atoms with Crippen LogP contribution in [-0.2, 0) is 12.6 Å². The molecule has 1 aromatic carbocycles. The molecule has 112 valence electrons. The summed E-state index contributed by atoms with van der Waals surface area (Å²) in [7, 11) is 0. The van der Waals surface area contributed by atoms with Gasteiger partial charge in [0.15, 0.2) is 5.78 Å². The summed E-state index contributed by atoms with van der Waals surface area (Å²) in [6.07, 6.45) is -1.51. The number of ketones is 1. The van der Waals surface area contributed by atoms with Gasteiger partial charge in [-0.1, -0.05) is 17.3 Å². The standard InChI is InChI=1S/C15H14F3NO2/c1-10-13(9-19-21-10)14(20)4-2-3-11-5-7-12(8-6-11)15(16,17)18/h5-9H,2-4H2,1H3. The molecule has 0 spiro atoms. The second-order valence-electron chi connectivity index (χ2n) is 4.77. The lowest BCUT2D eigenvalue weighted by atomic mass is 10.0. The Morgan fingerprint density at radius 1 is 1.24 bits per heavy atom. The van der Waals surface area contributed by atoms with E-state index in [2.05, 4.69) is 5.16 Å². The quantitative estimate of drug-likeness (QED) is 0.776. The summed E-state index contributed by atoms with van der Waals surface area (Å²) >= 11 is 0. The van der Waals surface area contributed by atoms with Gasteiger partial charge in [-0.05, 0) is 37.5 Å². The molecule has 3 nitrogen and oxygen atoms in total. The van der Waals surface area contributed by atoms with E-state index >= 15 is 0 Å². The highest BCUT2D eigenvalue weighted by atomic mass is 19.4. The zero-order valence-corrected chi connectivity index (χ0v) is 11.4. The fraction of sp³-hybridized carbons (Fsp3) is 0.333. The van der Waals surface area contributed by atoms with Crippen molar-refractivity contribution < 1.29 is 22.5 Å². The molecular weight excluding hydrogens is 283 g/mol. The van der Waals surface area contributed by atoms with E-state index in [4.69, 9.17) is 4.52 Å². The predicted molar refractivity (Wildman–Crippen MR) is 70.0 cm³/mol. The summed E-state index contributed by atoms with van der Waals surface area (Å²) < 4.78 is 42.1. The van der Waals surface area contributed by atoms with Gasteiger partial charge in [0, 0.05) is 6.42 Å². The largest absolute Gasteiger partial charge is 0.416 e. The molecule has 0 radical (unpaired) electrons. The fourth-order valence-electron chi connectivity index (χ4n) is 2.01. The molecule has 0 fully saturated rings. The van der Waals surface area contributed by atoms with Gasteiger partial charge in [-0.25, -0.2) is 0 Å². The van der Waals surface area contributed by atoms with Gasteiger partial charge in [0.2, 0.25) is 0 Å². The highest BCUT2D eigenvalue weighted by molar-refractivity contribution is 5.96. The van der Waals surface area contributed by atoms with Crippen LogP contribution in [0.25, 0.3) is 0 Å². The van der Waals surface area contributed by atoms with Gasteiger partial charge >= 0.3 is 6.18 Å². The van der Waals surface area contributed by atoms with E-state index in [1.54, 1.807) is 6.92 Å². The molecule has 1 aromatic heterocycles. The molecule has 0 aliphatic carbocycles. The second-order valence-corrected chi connectivity index (χ2v) is 4.77. The molecule has 0 saturated heterocycles. The number of aromatic nitrogens is 1. The van der Waals surface area contributed by atoms with E-state index in [0.717, 1.165) is 17.7 Å². The molecule has 0 aliphatic heterocycles. The zero-order valence-electron chi connectivity index (χ0n) is 11.4. The van der Waals surface area contributed by atoms with Crippen molar-refractivity contribution in [1.82, 2.24) is 5.16 Å². The van der Waals surface area contributed by atoms with Crippen molar-refractivity contribution in [1.29, 1.82) is 0 Å². The minimum absolute atomic E-state index is 0.0688. The van der Waals surface area contributed by atoms with Crippen LogP contribution >= 0.6 is 0 Å². The number of alkyl halides is 3. The van der Waals surface area contributed by atoms with Gasteiger partial charge in [-0.15, -0.1) is 0 Å². The van der Waals surface area contributed by atoms with Crippen LogP contribution in [0.2, 0.25) is 0 Å². The van der Waals surface area contributed by atoms with Crippen LogP contribution in [0, 0.1) is 6.92 Å². The first-order valence-electron chi connectivity index (χ1n) is 6.48. The number of hydrogen-bond donors (Lipinski definition) is 0. The predicted octanol–water partition coefficient (Wildman–Crippen LogP) is 4.21. The van der Waals surface area contributed by atoms with Crippen LogP contribution in [0.15, 0.2) is 35.0 Å². The summed E-state index contributed by atoms with van der Waals surface area (Å²) in [4.78, 5) is 11.9. The molecule has 0 N–H and O–H groups in total. The number of rotatable bonds is 5. The smallest absolute Gasteiger partial charge is 0.361 e. The summed E-state index contributed by atoms with van der Waals surface area (Å²) in [5.41, 5.74) is 0.572. The molecule has 0 atom stereocenters. The van der Waals surface area contributed by atoms with Gasteiger partial charge in [-0.2, -0.15) is 13.2 Å². The van der Waals surface area contributed by atoms with Crippen molar-refractivity contribution in [3.8, 4) is 0 Å². The minimum atomic E-state index is -4.32. The Balaban J connectivity index is 1.87. The van der Waals surface area contributed by atoms with Gasteiger partial charge in [0.1, 0.15) is 5.76 Å². The first-order chi connectivity index (χ1) is 9.88.